The number of nitrogens with two attached hydrogens (primary N) is 1. The molecule has 1 unspecified atom stereocenters. The van der Waals surface area contributed by atoms with E-state index < -0.39 is 10.0 Å². The van der Waals surface area contributed by atoms with E-state index in [1.807, 2.05) is 26.8 Å². The van der Waals surface area contributed by atoms with E-state index in [9.17, 15) is 8.42 Å². The van der Waals surface area contributed by atoms with Crippen LogP contribution in [0, 0.1) is 5.92 Å². The first-order valence-corrected chi connectivity index (χ1v) is 9.16. The lowest BCUT2D eigenvalue weighted by Crippen LogP contribution is -2.37. The third-order valence-corrected chi connectivity index (χ3v) is 6.61. The van der Waals surface area contributed by atoms with Gasteiger partial charge in [0.2, 0.25) is 10.0 Å². The van der Waals surface area contributed by atoms with Crippen molar-refractivity contribution in [2.24, 2.45) is 5.92 Å². The van der Waals surface area contributed by atoms with Crippen molar-refractivity contribution in [3.8, 4) is 0 Å². The van der Waals surface area contributed by atoms with Gasteiger partial charge < -0.3 is 5.73 Å². The van der Waals surface area contributed by atoms with Crippen molar-refractivity contribution in [1.82, 2.24) is 4.31 Å². The Labute approximate surface area is 128 Å². The number of hydrogen-bond donors (Lipinski definition) is 1. The SMILES string of the molecule is CCc1cc(N)c(CC)c(S(=O)(=O)N(C)C(C)C2CC2)c1. The van der Waals surface area contributed by atoms with Crippen LogP contribution in [0.15, 0.2) is 17.0 Å². The number of anilines is 1. The Hall–Kier alpha value is -1.07. The van der Waals surface area contributed by atoms with E-state index in [0.29, 0.717) is 22.9 Å². The maximum atomic E-state index is 13.0. The maximum absolute atomic E-state index is 13.0. The van der Waals surface area contributed by atoms with Gasteiger partial charge in [-0.3, -0.25) is 0 Å². The van der Waals surface area contributed by atoms with E-state index >= 15 is 0 Å². The molecule has 1 aromatic rings. The minimum atomic E-state index is -3.49. The van der Waals surface area contributed by atoms with E-state index in [1.165, 1.54) is 4.31 Å². The van der Waals surface area contributed by atoms with Crippen LogP contribution in [0.5, 0.6) is 0 Å². The molecular formula is C16H26N2O2S. The first-order valence-electron chi connectivity index (χ1n) is 7.72. The highest BCUT2D eigenvalue weighted by atomic mass is 32.2. The Kier molecular flexibility index (Phi) is 4.63. The third kappa shape index (κ3) is 3.09. The lowest BCUT2D eigenvalue weighted by atomic mass is 10.1. The maximum Gasteiger partial charge on any atom is 0.243 e. The second-order valence-electron chi connectivity index (χ2n) is 5.97. The molecule has 5 heteroatoms. The van der Waals surface area contributed by atoms with Crippen LogP contribution in [0.3, 0.4) is 0 Å². The van der Waals surface area contributed by atoms with Crippen LogP contribution in [0.25, 0.3) is 0 Å². The fourth-order valence-corrected chi connectivity index (χ4v) is 4.58. The van der Waals surface area contributed by atoms with Crippen molar-refractivity contribution in [3.05, 3.63) is 23.3 Å². The van der Waals surface area contributed by atoms with Crippen molar-refractivity contribution in [2.75, 3.05) is 12.8 Å². The first kappa shape index (κ1) is 16.3. The molecule has 0 amide bonds. The molecular weight excluding hydrogens is 284 g/mol. The van der Waals surface area contributed by atoms with Gasteiger partial charge in [-0.05, 0) is 61.8 Å². The molecule has 2 rings (SSSR count). The average molecular weight is 310 g/mol. The standard InChI is InChI=1S/C16H26N2O2S/c1-5-12-9-15(17)14(6-2)16(10-12)21(19,20)18(4)11(3)13-7-8-13/h9-11,13H,5-8,17H2,1-4H3. The van der Waals surface area contributed by atoms with Gasteiger partial charge in [0.25, 0.3) is 0 Å². The van der Waals surface area contributed by atoms with Crippen LogP contribution >= 0.6 is 0 Å². The molecule has 1 aromatic carbocycles. The molecule has 118 valence electrons. The molecule has 0 heterocycles. The van der Waals surface area contributed by atoms with Crippen molar-refractivity contribution in [2.45, 2.75) is 57.4 Å². The summed E-state index contributed by atoms with van der Waals surface area (Å²) in [6, 6.07) is 3.73. The first-order chi connectivity index (χ1) is 9.82. The topological polar surface area (TPSA) is 63.4 Å². The van der Waals surface area contributed by atoms with Gasteiger partial charge in [-0.15, -0.1) is 0 Å². The molecule has 4 nitrogen and oxygen atoms in total. The van der Waals surface area contributed by atoms with E-state index in [2.05, 4.69) is 0 Å². The summed E-state index contributed by atoms with van der Waals surface area (Å²) in [5.41, 5.74) is 8.36. The zero-order valence-corrected chi connectivity index (χ0v) is 14.2. The minimum Gasteiger partial charge on any atom is -0.398 e. The molecule has 0 radical (unpaired) electrons. The smallest absolute Gasteiger partial charge is 0.243 e. The highest BCUT2D eigenvalue weighted by Crippen LogP contribution is 2.37. The Morgan fingerprint density at radius 2 is 1.90 bits per heavy atom. The third-order valence-electron chi connectivity index (χ3n) is 4.60. The van der Waals surface area contributed by atoms with Gasteiger partial charge >= 0.3 is 0 Å². The van der Waals surface area contributed by atoms with Crippen LogP contribution in [0.4, 0.5) is 5.69 Å². The summed E-state index contributed by atoms with van der Waals surface area (Å²) in [6.45, 7) is 5.95. The zero-order valence-electron chi connectivity index (χ0n) is 13.4. The summed E-state index contributed by atoms with van der Waals surface area (Å²) in [6.07, 6.45) is 3.65. The molecule has 0 aliphatic heterocycles. The molecule has 1 aliphatic carbocycles. The number of sulfonamides is 1. The largest absolute Gasteiger partial charge is 0.398 e. The molecule has 1 aliphatic rings. The van der Waals surface area contributed by atoms with Gasteiger partial charge in [-0.1, -0.05) is 13.8 Å². The predicted octanol–water partition coefficient (Wildman–Crippen LogP) is 2.81. The number of nitrogen functional groups attached to an aromatic ring is 1. The predicted molar refractivity (Wildman–Crippen MR) is 86.7 cm³/mol. The summed E-state index contributed by atoms with van der Waals surface area (Å²) in [4.78, 5) is 0.386. The van der Waals surface area contributed by atoms with E-state index in [4.69, 9.17) is 5.73 Å². The molecule has 0 bridgehead atoms. The van der Waals surface area contributed by atoms with Gasteiger partial charge in [-0.2, -0.15) is 4.31 Å². The Balaban J connectivity index is 2.49. The fraction of sp³-hybridized carbons (Fsp3) is 0.625. The van der Waals surface area contributed by atoms with Crippen molar-refractivity contribution < 1.29 is 8.42 Å². The van der Waals surface area contributed by atoms with Gasteiger partial charge in [0.05, 0.1) is 4.90 Å². The molecule has 0 spiro atoms. The minimum absolute atomic E-state index is 0.0474. The Morgan fingerprint density at radius 1 is 1.29 bits per heavy atom. The quantitative estimate of drug-likeness (QED) is 0.822. The molecule has 2 N–H and O–H groups in total. The van der Waals surface area contributed by atoms with Gasteiger partial charge in [0, 0.05) is 18.8 Å². The van der Waals surface area contributed by atoms with E-state index in [1.54, 1.807) is 13.1 Å². The zero-order chi connectivity index (χ0) is 15.8. The highest BCUT2D eigenvalue weighted by molar-refractivity contribution is 7.89. The van der Waals surface area contributed by atoms with Crippen LogP contribution in [0.1, 0.15) is 44.7 Å². The molecule has 21 heavy (non-hydrogen) atoms. The van der Waals surface area contributed by atoms with Gasteiger partial charge in [-0.25, -0.2) is 8.42 Å². The molecule has 1 saturated carbocycles. The summed E-state index contributed by atoms with van der Waals surface area (Å²) >= 11 is 0. The van der Waals surface area contributed by atoms with Gasteiger partial charge in [0.15, 0.2) is 0 Å². The molecule has 1 fully saturated rings. The van der Waals surface area contributed by atoms with Crippen molar-refractivity contribution in [3.63, 3.8) is 0 Å². The van der Waals surface area contributed by atoms with Crippen LogP contribution in [0.2, 0.25) is 0 Å². The highest BCUT2D eigenvalue weighted by Gasteiger charge is 2.37. The van der Waals surface area contributed by atoms with Crippen molar-refractivity contribution in [1.29, 1.82) is 0 Å². The molecule has 0 aromatic heterocycles. The number of nitrogens with zero attached hydrogens (tertiary/aromatic N) is 1. The normalized spacial score (nSPS) is 17.2. The number of hydrogen-bond acceptors (Lipinski definition) is 3. The summed E-state index contributed by atoms with van der Waals surface area (Å²) in [7, 11) is -1.80. The van der Waals surface area contributed by atoms with Gasteiger partial charge in [0.1, 0.15) is 0 Å². The van der Waals surface area contributed by atoms with Crippen LogP contribution in [-0.2, 0) is 22.9 Å². The van der Waals surface area contributed by atoms with E-state index in [0.717, 1.165) is 30.4 Å². The lowest BCUT2D eigenvalue weighted by molar-refractivity contribution is 0.356. The summed E-state index contributed by atoms with van der Waals surface area (Å²) in [5.74, 6) is 0.501. The summed E-state index contributed by atoms with van der Waals surface area (Å²) in [5, 5.41) is 0. The second kappa shape index (κ2) is 5.97. The lowest BCUT2D eigenvalue weighted by Gasteiger charge is -2.26. The Bertz CT molecular complexity index is 621. The van der Waals surface area contributed by atoms with Crippen LogP contribution < -0.4 is 5.73 Å². The van der Waals surface area contributed by atoms with E-state index in [-0.39, 0.29) is 6.04 Å². The Morgan fingerprint density at radius 3 is 2.38 bits per heavy atom. The second-order valence-corrected chi connectivity index (χ2v) is 7.93. The monoisotopic (exact) mass is 310 g/mol. The van der Waals surface area contributed by atoms with Crippen LogP contribution in [-0.4, -0.2) is 25.8 Å². The number of benzene rings is 1. The fourth-order valence-electron chi connectivity index (χ4n) is 2.79. The van der Waals surface area contributed by atoms with Crippen molar-refractivity contribution >= 4 is 15.7 Å². The number of aryl methyl sites for hydroxylation is 1. The average Bonchev–Trinajstić information content (AvgIpc) is 3.29. The number of rotatable bonds is 6. The molecule has 0 saturated heterocycles. The molecule has 1 atom stereocenters. The summed E-state index contributed by atoms with van der Waals surface area (Å²) < 4.78 is 27.5.